The molecule has 0 heterocycles. The van der Waals surface area contributed by atoms with E-state index in [2.05, 4.69) is 39.8 Å². The summed E-state index contributed by atoms with van der Waals surface area (Å²) >= 11 is 0. The molecule has 3 N–H and O–H groups in total. The molecule has 5 nitrogen and oxygen atoms in total. The van der Waals surface area contributed by atoms with Crippen LogP contribution in [0.1, 0.15) is 25.8 Å². The van der Waals surface area contributed by atoms with E-state index in [1.807, 2.05) is 27.9 Å². The summed E-state index contributed by atoms with van der Waals surface area (Å²) in [6.45, 7) is 4.51. The molecular formula is C17H29N3O2. The molecule has 1 aromatic carbocycles. The molecule has 1 aromatic rings. The van der Waals surface area contributed by atoms with Gasteiger partial charge in [0.15, 0.2) is 0 Å². The molecule has 0 bridgehead atoms. The fraction of sp³-hybridized carbons (Fsp3) is 0.588. The molecule has 0 aromatic heterocycles. The van der Waals surface area contributed by atoms with Crippen molar-refractivity contribution in [2.45, 2.75) is 32.7 Å². The highest BCUT2D eigenvalue weighted by atomic mass is 16.3. The number of aryl methyl sites for hydroxylation is 1. The van der Waals surface area contributed by atoms with Crippen molar-refractivity contribution in [1.82, 2.24) is 10.6 Å². The van der Waals surface area contributed by atoms with Crippen molar-refractivity contribution in [2.75, 3.05) is 32.1 Å². The number of rotatable bonds is 8. The van der Waals surface area contributed by atoms with Crippen molar-refractivity contribution in [3.8, 4) is 0 Å². The average molecular weight is 307 g/mol. The van der Waals surface area contributed by atoms with Crippen LogP contribution in [0.3, 0.4) is 0 Å². The van der Waals surface area contributed by atoms with Gasteiger partial charge in [0.2, 0.25) is 0 Å². The van der Waals surface area contributed by atoms with Crippen LogP contribution in [0.15, 0.2) is 24.3 Å². The Bertz CT molecular complexity index is 446. The van der Waals surface area contributed by atoms with Crippen LogP contribution < -0.4 is 15.5 Å². The molecule has 1 rings (SSSR count). The average Bonchev–Trinajstić information content (AvgIpc) is 2.51. The number of carbonyl (C=O) groups excluding carboxylic acids is 1. The summed E-state index contributed by atoms with van der Waals surface area (Å²) in [5.41, 5.74) is 2.46. The molecule has 0 saturated heterocycles. The van der Waals surface area contributed by atoms with Crippen LogP contribution in [0.5, 0.6) is 0 Å². The number of amides is 2. The van der Waals surface area contributed by atoms with Crippen molar-refractivity contribution >= 4 is 11.7 Å². The first-order valence-corrected chi connectivity index (χ1v) is 7.85. The molecule has 2 amide bonds. The Morgan fingerprint density at radius 1 is 1.23 bits per heavy atom. The molecular weight excluding hydrogens is 278 g/mol. The summed E-state index contributed by atoms with van der Waals surface area (Å²) in [6, 6.07) is 8.25. The number of aliphatic hydroxyl groups is 1. The standard InChI is InChI=1S/C17H29N3O2/c1-13(12-21)14(2)19-17(22)18-11-5-6-15-7-9-16(10-8-15)20(3)4/h7-10,13-14,21H,5-6,11-12H2,1-4H3,(H2,18,19,22). The Morgan fingerprint density at radius 2 is 1.86 bits per heavy atom. The van der Waals surface area contributed by atoms with Gasteiger partial charge in [-0.1, -0.05) is 19.1 Å². The summed E-state index contributed by atoms with van der Waals surface area (Å²) in [6.07, 6.45) is 1.84. The topological polar surface area (TPSA) is 64.6 Å². The second-order valence-corrected chi connectivity index (χ2v) is 6.01. The molecule has 5 heteroatoms. The molecule has 0 aliphatic heterocycles. The van der Waals surface area contributed by atoms with Crippen molar-refractivity contribution < 1.29 is 9.90 Å². The summed E-state index contributed by atoms with van der Waals surface area (Å²) in [4.78, 5) is 13.8. The lowest BCUT2D eigenvalue weighted by molar-refractivity contribution is 0.200. The van der Waals surface area contributed by atoms with Crippen LogP contribution in [0, 0.1) is 5.92 Å². The summed E-state index contributed by atoms with van der Waals surface area (Å²) in [7, 11) is 4.05. The van der Waals surface area contributed by atoms with E-state index in [0.717, 1.165) is 12.8 Å². The molecule has 0 aliphatic rings. The second kappa shape index (κ2) is 9.30. The van der Waals surface area contributed by atoms with Crippen LogP contribution in [-0.2, 0) is 6.42 Å². The van der Waals surface area contributed by atoms with Crippen LogP contribution in [0.2, 0.25) is 0 Å². The predicted octanol–water partition coefficient (Wildman–Crippen LogP) is 2.00. The first kappa shape index (κ1) is 18.3. The van der Waals surface area contributed by atoms with E-state index in [1.54, 1.807) is 0 Å². The van der Waals surface area contributed by atoms with Gasteiger partial charge in [0.1, 0.15) is 0 Å². The fourth-order valence-corrected chi connectivity index (χ4v) is 2.01. The Balaban J connectivity index is 2.23. The van der Waals surface area contributed by atoms with E-state index >= 15 is 0 Å². The maximum atomic E-state index is 11.7. The minimum Gasteiger partial charge on any atom is -0.396 e. The quantitative estimate of drug-likeness (QED) is 0.644. The lowest BCUT2D eigenvalue weighted by Gasteiger charge is -2.19. The van der Waals surface area contributed by atoms with Gasteiger partial charge in [-0.25, -0.2) is 4.79 Å². The molecule has 0 saturated carbocycles. The van der Waals surface area contributed by atoms with Gasteiger partial charge in [-0.2, -0.15) is 0 Å². The number of hydrogen-bond donors (Lipinski definition) is 3. The van der Waals surface area contributed by atoms with E-state index in [1.165, 1.54) is 11.3 Å². The zero-order valence-corrected chi connectivity index (χ0v) is 14.1. The summed E-state index contributed by atoms with van der Waals surface area (Å²) in [5, 5.41) is 14.7. The number of benzene rings is 1. The van der Waals surface area contributed by atoms with Gasteiger partial charge in [0.05, 0.1) is 0 Å². The monoisotopic (exact) mass is 307 g/mol. The highest BCUT2D eigenvalue weighted by molar-refractivity contribution is 5.74. The van der Waals surface area contributed by atoms with Gasteiger partial charge in [-0.3, -0.25) is 0 Å². The molecule has 124 valence electrons. The molecule has 2 unspecified atom stereocenters. The third-order valence-corrected chi connectivity index (χ3v) is 3.88. The third kappa shape index (κ3) is 6.35. The van der Waals surface area contributed by atoms with Crippen LogP contribution in [-0.4, -0.2) is 44.4 Å². The number of nitrogens with zero attached hydrogens (tertiary/aromatic N) is 1. The Kier molecular flexibility index (Phi) is 7.74. The number of aliphatic hydroxyl groups excluding tert-OH is 1. The Hall–Kier alpha value is -1.75. The van der Waals surface area contributed by atoms with Gasteiger partial charge in [0, 0.05) is 39.0 Å². The smallest absolute Gasteiger partial charge is 0.315 e. The van der Waals surface area contributed by atoms with Gasteiger partial charge >= 0.3 is 6.03 Å². The second-order valence-electron chi connectivity index (χ2n) is 6.01. The summed E-state index contributed by atoms with van der Waals surface area (Å²) < 4.78 is 0. The van der Waals surface area contributed by atoms with Crippen LogP contribution in [0.4, 0.5) is 10.5 Å². The van der Waals surface area contributed by atoms with Gasteiger partial charge in [0.25, 0.3) is 0 Å². The number of anilines is 1. The van der Waals surface area contributed by atoms with E-state index < -0.39 is 0 Å². The first-order chi connectivity index (χ1) is 10.4. The fourth-order valence-electron chi connectivity index (χ4n) is 2.01. The van der Waals surface area contributed by atoms with Crippen LogP contribution >= 0.6 is 0 Å². The maximum Gasteiger partial charge on any atom is 0.315 e. The minimum atomic E-state index is -0.171. The summed E-state index contributed by atoms with van der Waals surface area (Å²) in [5.74, 6) is 0.0564. The highest BCUT2D eigenvalue weighted by Gasteiger charge is 2.13. The Morgan fingerprint density at radius 3 is 2.41 bits per heavy atom. The van der Waals surface area contributed by atoms with Crippen molar-refractivity contribution in [1.29, 1.82) is 0 Å². The van der Waals surface area contributed by atoms with E-state index in [-0.39, 0.29) is 24.6 Å². The van der Waals surface area contributed by atoms with E-state index in [0.29, 0.717) is 6.54 Å². The lowest BCUT2D eigenvalue weighted by atomic mass is 10.1. The molecule has 0 spiro atoms. The van der Waals surface area contributed by atoms with E-state index in [9.17, 15) is 4.79 Å². The maximum absolute atomic E-state index is 11.7. The zero-order chi connectivity index (χ0) is 16.5. The number of hydrogen-bond acceptors (Lipinski definition) is 3. The Labute approximate surface area is 133 Å². The van der Waals surface area contributed by atoms with E-state index in [4.69, 9.17) is 5.11 Å². The first-order valence-electron chi connectivity index (χ1n) is 7.85. The largest absolute Gasteiger partial charge is 0.396 e. The van der Waals surface area contributed by atoms with Crippen molar-refractivity contribution in [3.05, 3.63) is 29.8 Å². The zero-order valence-electron chi connectivity index (χ0n) is 14.1. The molecule has 0 aliphatic carbocycles. The molecule has 0 radical (unpaired) electrons. The SMILES string of the molecule is CC(CO)C(C)NC(=O)NCCCc1ccc(N(C)C)cc1. The molecule has 0 fully saturated rings. The molecule has 22 heavy (non-hydrogen) atoms. The minimum absolute atomic E-state index is 0.0384. The lowest BCUT2D eigenvalue weighted by Crippen LogP contribution is -2.44. The van der Waals surface area contributed by atoms with Crippen molar-refractivity contribution in [3.63, 3.8) is 0 Å². The van der Waals surface area contributed by atoms with Gasteiger partial charge in [-0.15, -0.1) is 0 Å². The van der Waals surface area contributed by atoms with Gasteiger partial charge < -0.3 is 20.6 Å². The predicted molar refractivity (Wildman–Crippen MR) is 91.3 cm³/mol. The number of urea groups is 1. The highest BCUT2D eigenvalue weighted by Crippen LogP contribution is 2.13. The third-order valence-electron chi connectivity index (χ3n) is 3.88. The van der Waals surface area contributed by atoms with Crippen LogP contribution in [0.25, 0.3) is 0 Å². The number of nitrogens with one attached hydrogen (secondary N) is 2. The molecule has 2 atom stereocenters. The van der Waals surface area contributed by atoms with Gasteiger partial charge in [-0.05, 0) is 43.4 Å². The number of carbonyl (C=O) groups is 1. The normalized spacial score (nSPS) is 13.3. The van der Waals surface area contributed by atoms with Crippen molar-refractivity contribution in [2.24, 2.45) is 5.92 Å².